The Balaban J connectivity index is 1.96. The summed E-state index contributed by atoms with van der Waals surface area (Å²) in [6, 6.07) is 18.3. The molecule has 134 valence electrons. The highest BCUT2D eigenvalue weighted by atomic mass is 15.3. The second-order valence-corrected chi connectivity index (χ2v) is 7.51. The number of nitrogens with zero attached hydrogens (tertiary/aromatic N) is 5. The largest absolute Gasteiger partial charge is 0.329 e. The quantitative estimate of drug-likeness (QED) is 0.499. The van der Waals surface area contributed by atoms with Crippen molar-refractivity contribution >= 4 is 28.2 Å². The molecule has 2 aromatic heterocycles. The van der Waals surface area contributed by atoms with Crippen molar-refractivity contribution in [1.29, 1.82) is 0 Å². The van der Waals surface area contributed by atoms with Gasteiger partial charge in [-0.15, -0.1) is 10.2 Å². The van der Waals surface area contributed by atoms with Crippen molar-refractivity contribution in [1.82, 2.24) is 19.6 Å². The molecule has 0 radical (unpaired) electrons. The van der Waals surface area contributed by atoms with Crippen LogP contribution in [0.4, 0.5) is 11.5 Å². The van der Waals surface area contributed by atoms with Gasteiger partial charge in [-0.25, -0.2) is 0 Å². The number of hydrogen-bond donors (Lipinski definition) is 0. The predicted octanol–water partition coefficient (Wildman–Crippen LogP) is 4.44. The maximum absolute atomic E-state index is 4.79. The second-order valence-electron chi connectivity index (χ2n) is 7.51. The zero-order chi connectivity index (χ0) is 19.0. The molecule has 2 heterocycles. The molecular weight excluding hydrogens is 334 g/mol. The monoisotopic (exact) mass is 355 g/mol. The summed E-state index contributed by atoms with van der Waals surface area (Å²) in [6.07, 6.45) is 0. The number of aromatic nitrogens is 4. The molecule has 5 nitrogen and oxygen atoms in total. The lowest BCUT2D eigenvalue weighted by Crippen LogP contribution is -2.13. The fraction of sp³-hybridized carbons (Fsp3) is 0.227. The topological polar surface area (TPSA) is 46.3 Å². The molecule has 0 unspecified atom stereocenters. The van der Waals surface area contributed by atoms with Gasteiger partial charge in [0.25, 0.3) is 5.78 Å². The van der Waals surface area contributed by atoms with Gasteiger partial charge in [0.15, 0.2) is 0 Å². The fourth-order valence-electron chi connectivity index (χ4n) is 2.94. The van der Waals surface area contributed by atoms with Gasteiger partial charge in [-0.1, -0.05) is 36.3 Å². The number of anilines is 2. The van der Waals surface area contributed by atoms with E-state index in [1.54, 1.807) is 0 Å². The van der Waals surface area contributed by atoms with Crippen molar-refractivity contribution in [3.8, 4) is 11.8 Å². The van der Waals surface area contributed by atoms with E-state index in [4.69, 9.17) is 4.98 Å². The maximum atomic E-state index is 4.79. The molecular formula is C22H21N5. The number of fused-ring (bicyclic) bond motifs is 3. The molecule has 27 heavy (non-hydrogen) atoms. The molecule has 0 N–H and O–H groups in total. The standard InChI is InChI=1S/C22H21N5/c1-22(2,3)15-14-19-24-25-21-23-20(26(4)16-10-6-5-7-11-16)17-12-8-9-13-18(17)27(19)21/h5-13H,1-4H3. The molecule has 0 bridgehead atoms. The third-order valence-corrected chi connectivity index (χ3v) is 4.25. The lowest BCUT2D eigenvalue weighted by atomic mass is 9.98. The van der Waals surface area contributed by atoms with Crippen LogP contribution in [0.15, 0.2) is 54.6 Å². The third kappa shape index (κ3) is 3.22. The van der Waals surface area contributed by atoms with E-state index in [0.29, 0.717) is 11.6 Å². The van der Waals surface area contributed by atoms with Gasteiger partial charge in [0, 0.05) is 23.5 Å². The zero-order valence-corrected chi connectivity index (χ0v) is 15.9. The third-order valence-electron chi connectivity index (χ3n) is 4.25. The van der Waals surface area contributed by atoms with Gasteiger partial charge in [0.05, 0.1) is 5.52 Å². The lowest BCUT2D eigenvalue weighted by Gasteiger charge is -2.20. The Kier molecular flexibility index (Phi) is 4.04. The smallest absolute Gasteiger partial charge is 0.258 e. The molecule has 0 aliphatic heterocycles. The fourth-order valence-corrected chi connectivity index (χ4v) is 2.94. The van der Waals surface area contributed by atoms with Crippen LogP contribution >= 0.6 is 0 Å². The van der Waals surface area contributed by atoms with Gasteiger partial charge in [-0.3, -0.25) is 4.40 Å². The van der Waals surface area contributed by atoms with Crippen LogP contribution in [0, 0.1) is 17.3 Å². The summed E-state index contributed by atoms with van der Waals surface area (Å²) in [5.74, 6) is 8.39. The van der Waals surface area contributed by atoms with Crippen LogP contribution < -0.4 is 4.90 Å². The van der Waals surface area contributed by atoms with Crippen LogP contribution in [-0.4, -0.2) is 26.6 Å². The van der Waals surface area contributed by atoms with Crippen molar-refractivity contribution in [2.24, 2.45) is 5.41 Å². The van der Waals surface area contributed by atoms with E-state index in [0.717, 1.165) is 22.4 Å². The first kappa shape index (κ1) is 17.0. The Morgan fingerprint density at radius 1 is 0.926 bits per heavy atom. The number of para-hydroxylation sites is 2. The molecule has 0 fully saturated rings. The zero-order valence-electron chi connectivity index (χ0n) is 15.9. The van der Waals surface area contributed by atoms with Crippen LogP contribution in [0.3, 0.4) is 0 Å². The van der Waals surface area contributed by atoms with Gasteiger partial charge in [-0.2, -0.15) is 4.98 Å². The minimum absolute atomic E-state index is 0.109. The number of benzene rings is 2. The maximum Gasteiger partial charge on any atom is 0.258 e. The number of hydrogen-bond acceptors (Lipinski definition) is 4. The van der Waals surface area contributed by atoms with E-state index in [2.05, 4.69) is 72.0 Å². The highest BCUT2D eigenvalue weighted by Crippen LogP contribution is 2.30. The van der Waals surface area contributed by atoms with Gasteiger partial charge < -0.3 is 4.90 Å². The van der Waals surface area contributed by atoms with E-state index in [9.17, 15) is 0 Å². The van der Waals surface area contributed by atoms with Crippen molar-refractivity contribution in [3.63, 3.8) is 0 Å². The Labute approximate surface area is 158 Å². The normalized spacial score (nSPS) is 11.4. The van der Waals surface area contributed by atoms with Gasteiger partial charge in [0.1, 0.15) is 5.82 Å². The van der Waals surface area contributed by atoms with Gasteiger partial charge in [0.2, 0.25) is 5.82 Å². The number of rotatable bonds is 2. The van der Waals surface area contributed by atoms with E-state index in [1.807, 2.05) is 41.8 Å². The van der Waals surface area contributed by atoms with Crippen molar-refractivity contribution < 1.29 is 0 Å². The van der Waals surface area contributed by atoms with E-state index < -0.39 is 0 Å². The first-order valence-corrected chi connectivity index (χ1v) is 8.90. The van der Waals surface area contributed by atoms with E-state index in [-0.39, 0.29) is 5.41 Å². The summed E-state index contributed by atoms with van der Waals surface area (Å²) in [6.45, 7) is 6.23. The van der Waals surface area contributed by atoms with Gasteiger partial charge in [-0.05, 0) is 51.0 Å². The average Bonchev–Trinajstić information content (AvgIpc) is 3.08. The summed E-state index contributed by atoms with van der Waals surface area (Å²) in [4.78, 5) is 6.86. The molecule has 2 aromatic carbocycles. The molecule has 0 aliphatic carbocycles. The average molecular weight is 355 g/mol. The molecule has 4 rings (SSSR count). The highest BCUT2D eigenvalue weighted by molar-refractivity contribution is 5.93. The second kappa shape index (κ2) is 6.40. The molecule has 0 atom stereocenters. The Morgan fingerprint density at radius 2 is 1.63 bits per heavy atom. The SMILES string of the molecule is CN(c1ccccc1)c1nc2nnc(C#CC(C)(C)C)n2c2ccccc12. The predicted molar refractivity (Wildman–Crippen MR) is 109 cm³/mol. The van der Waals surface area contributed by atoms with E-state index in [1.165, 1.54) is 0 Å². The lowest BCUT2D eigenvalue weighted by molar-refractivity contribution is 0.570. The molecule has 0 saturated heterocycles. The van der Waals surface area contributed by atoms with Crippen LogP contribution in [-0.2, 0) is 0 Å². The van der Waals surface area contributed by atoms with Crippen LogP contribution in [0.2, 0.25) is 0 Å². The Bertz CT molecular complexity index is 1170. The summed E-state index contributed by atoms with van der Waals surface area (Å²) < 4.78 is 1.93. The first-order valence-electron chi connectivity index (χ1n) is 8.90. The van der Waals surface area contributed by atoms with Crippen LogP contribution in [0.1, 0.15) is 26.6 Å². The summed E-state index contributed by atoms with van der Waals surface area (Å²) >= 11 is 0. The molecule has 0 amide bonds. The minimum atomic E-state index is -0.109. The Morgan fingerprint density at radius 3 is 2.37 bits per heavy atom. The molecule has 0 aliphatic rings. The molecule has 0 saturated carbocycles. The highest BCUT2D eigenvalue weighted by Gasteiger charge is 2.16. The summed E-state index contributed by atoms with van der Waals surface area (Å²) in [5, 5.41) is 9.58. The van der Waals surface area contributed by atoms with Crippen LogP contribution in [0.25, 0.3) is 16.7 Å². The minimum Gasteiger partial charge on any atom is -0.329 e. The van der Waals surface area contributed by atoms with Gasteiger partial charge >= 0.3 is 0 Å². The summed E-state index contributed by atoms with van der Waals surface area (Å²) in [5.41, 5.74) is 1.94. The van der Waals surface area contributed by atoms with Crippen molar-refractivity contribution in [2.75, 3.05) is 11.9 Å². The van der Waals surface area contributed by atoms with Crippen molar-refractivity contribution in [2.45, 2.75) is 20.8 Å². The van der Waals surface area contributed by atoms with Crippen LogP contribution in [0.5, 0.6) is 0 Å². The summed E-state index contributed by atoms with van der Waals surface area (Å²) in [7, 11) is 2.01. The van der Waals surface area contributed by atoms with Crippen molar-refractivity contribution in [3.05, 3.63) is 60.4 Å². The Hall–Kier alpha value is -3.39. The first-order chi connectivity index (χ1) is 12.9. The molecule has 4 aromatic rings. The molecule has 5 heteroatoms. The van der Waals surface area contributed by atoms with E-state index >= 15 is 0 Å². The molecule has 0 spiro atoms.